The van der Waals surface area contributed by atoms with Gasteiger partial charge in [-0.15, -0.1) is 0 Å². The molecule has 1 rings (SSSR count). The van der Waals surface area contributed by atoms with Gasteiger partial charge in [0.25, 0.3) is 0 Å². The van der Waals surface area contributed by atoms with Gasteiger partial charge < -0.3 is 9.84 Å². The third-order valence-electron chi connectivity index (χ3n) is 3.98. The fourth-order valence-electron chi connectivity index (χ4n) is 2.56. The number of carbonyl (C=O) groups is 1. The first-order valence-electron chi connectivity index (χ1n) is 9.06. The molecule has 0 radical (unpaired) electrons. The van der Waals surface area contributed by atoms with E-state index >= 15 is 0 Å². The van der Waals surface area contributed by atoms with Crippen LogP contribution in [0.25, 0.3) is 0 Å². The molecule has 2 atom stereocenters. The Morgan fingerprint density at radius 1 is 1.13 bits per heavy atom. The molecule has 0 amide bonds. The van der Waals surface area contributed by atoms with Gasteiger partial charge in [0.05, 0.1) is 6.10 Å². The van der Waals surface area contributed by atoms with Crippen molar-refractivity contribution in [2.75, 3.05) is 0 Å². The molecule has 0 aromatic heterocycles. The predicted molar refractivity (Wildman–Crippen MR) is 95.2 cm³/mol. The van der Waals surface area contributed by atoms with Gasteiger partial charge in [0.2, 0.25) is 0 Å². The number of esters is 1. The normalized spacial score (nSPS) is 20.6. The highest BCUT2D eigenvalue weighted by molar-refractivity contribution is 5.70. The van der Waals surface area contributed by atoms with E-state index in [1.165, 1.54) is 25.7 Å². The highest BCUT2D eigenvalue weighted by Crippen LogP contribution is 2.18. The Kier molecular flexibility index (Phi) is 11.2. The number of carbonyl (C=O) groups excluding carboxylic acids is 1. The van der Waals surface area contributed by atoms with E-state index in [0.29, 0.717) is 12.8 Å². The summed E-state index contributed by atoms with van der Waals surface area (Å²) in [6, 6.07) is 0. The zero-order valence-electron chi connectivity index (χ0n) is 14.5. The van der Waals surface area contributed by atoms with E-state index in [9.17, 15) is 9.90 Å². The third kappa shape index (κ3) is 10.1. The fraction of sp³-hybridized carbons (Fsp3) is 0.650. The Labute approximate surface area is 141 Å². The minimum atomic E-state index is -0.578. The molecule has 0 aromatic rings. The maximum atomic E-state index is 11.2. The summed E-state index contributed by atoms with van der Waals surface area (Å²) in [5, 5.41) is 10.00. The Bertz CT molecular complexity index is 396. The Hall–Kier alpha value is -1.35. The van der Waals surface area contributed by atoms with E-state index < -0.39 is 6.10 Å². The molecule has 0 aromatic carbocycles. The molecule has 130 valence electrons. The molecule has 0 bridgehead atoms. The number of unbranched alkanes of at least 4 members (excludes halogenated alkanes) is 3. The topological polar surface area (TPSA) is 46.5 Å². The van der Waals surface area contributed by atoms with Crippen LogP contribution in [0.15, 0.2) is 36.5 Å². The van der Waals surface area contributed by atoms with Crippen molar-refractivity contribution in [1.82, 2.24) is 0 Å². The molecule has 3 nitrogen and oxygen atoms in total. The van der Waals surface area contributed by atoms with E-state index in [4.69, 9.17) is 4.74 Å². The number of aliphatic hydroxyl groups excluding tert-OH is 1. The van der Waals surface area contributed by atoms with Crippen LogP contribution >= 0.6 is 0 Å². The summed E-state index contributed by atoms with van der Waals surface area (Å²) in [4.78, 5) is 11.2. The Balaban J connectivity index is 2.05. The summed E-state index contributed by atoms with van der Waals surface area (Å²) in [7, 11) is 0. The number of hydrogen-bond acceptors (Lipinski definition) is 3. The first kappa shape index (κ1) is 19.7. The van der Waals surface area contributed by atoms with Crippen LogP contribution in [0.5, 0.6) is 0 Å². The molecule has 23 heavy (non-hydrogen) atoms. The van der Waals surface area contributed by atoms with E-state index in [0.717, 1.165) is 25.7 Å². The van der Waals surface area contributed by atoms with Crippen molar-refractivity contribution in [3.63, 3.8) is 0 Å². The average molecular weight is 320 g/mol. The summed E-state index contributed by atoms with van der Waals surface area (Å²) in [5.41, 5.74) is 0. The van der Waals surface area contributed by atoms with Gasteiger partial charge >= 0.3 is 5.97 Å². The van der Waals surface area contributed by atoms with Crippen molar-refractivity contribution in [2.45, 2.75) is 83.3 Å². The summed E-state index contributed by atoms with van der Waals surface area (Å²) >= 11 is 0. The monoisotopic (exact) mass is 320 g/mol. The number of rotatable bonds is 11. The van der Waals surface area contributed by atoms with Crippen LogP contribution in [0.1, 0.15) is 71.1 Å². The third-order valence-corrected chi connectivity index (χ3v) is 3.98. The lowest BCUT2D eigenvalue weighted by Crippen LogP contribution is -2.34. The maximum Gasteiger partial charge on any atom is 0.306 e. The lowest BCUT2D eigenvalue weighted by molar-refractivity contribution is -0.160. The van der Waals surface area contributed by atoms with Crippen molar-refractivity contribution >= 4 is 5.97 Å². The van der Waals surface area contributed by atoms with E-state index in [2.05, 4.69) is 37.3 Å². The molecular weight excluding hydrogens is 288 g/mol. The van der Waals surface area contributed by atoms with Gasteiger partial charge in [0.1, 0.15) is 6.10 Å². The Morgan fingerprint density at radius 2 is 1.83 bits per heavy atom. The number of hydrogen-bond donors (Lipinski definition) is 1. The molecule has 0 saturated carbocycles. The van der Waals surface area contributed by atoms with Gasteiger partial charge in [-0.3, -0.25) is 4.79 Å². The molecule has 1 N–H and O–H groups in total. The van der Waals surface area contributed by atoms with Gasteiger partial charge in [-0.05, 0) is 44.9 Å². The summed E-state index contributed by atoms with van der Waals surface area (Å²) in [6.07, 6.45) is 21.5. The minimum absolute atomic E-state index is 0.185. The van der Waals surface area contributed by atoms with Gasteiger partial charge in [0.15, 0.2) is 0 Å². The van der Waals surface area contributed by atoms with Crippen molar-refractivity contribution in [3.05, 3.63) is 36.5 Å². The van der Waals surface area contributed by atoms with Crippen LogP contribution in [0, 0.1) is 0 Å². The second-order valence-electron chi connectivity index (χ2n) is 6.10. The van der Waals surface area contributed by atoms with Gasteiger partial charge in [0, 0.05) is 6.42 Å². The number of ether oxygens (including phenoxy) is 1. The SMILES string of the molecule is CCCCC/C=C\C/C=C\C/C=C\C[C@@H](O)[C@@H]1CCCC(=O)O1. The summed E-state index contributed by atoms with van der Waals surface area (Å²) in [6.45, 7) is 2.22. The van der Waals surface area contributed by atoms with Gasteiger partial charge in [-0.1, -0.05) is 56.2 Å². The van der Waals surface area contributed by atoms with E-state index in [1.54, 1.807) is 0 Å². The number of cyclic esters (lactones) is 1. The minimum Gasteiger partial charge on any atom is -0.460 e. The predicted octanol–water partition coefficient (Wildman–Crippen LogP) is 4.86. The van der Waals surface area contributed by atoms with Crippen molar-refractivity contribution in [2.24, 2.45) is 0 Å². The molecule has 1 aliphatic heterocycles. The van der Waals surface area contributed by atoms with Crippen LogP contribution in [-0.2, 0) is 9.53 Å². The standard InChI is InChI=1S/C20H32O3/c1-2-3-4-5-6-7-8-9-10-11-12-13-15-18(21)19-16-14-17-20(22)23-19/h6-7,9-10,12-13,18-19,21H,2-5,8,11,14-17H2,1H3/b7-6-,10-9-,13-12-/t18-,19+/m1/s1. The van der Waals surface area contributed by atoms with Crippen molar-refractivity contribution in [1.29, 1.82) is 0 Å². The van der Waals surface area contributed by atoms with Crippen LogP contribution < -0.4 is 0 Å². The zero-order valence-corrected chi connectivity index (χ0v) is 14.5. The lowest BCUT2D eigenvalue weighted by Gasteiger charge is -2.25. The summed E-state index contributed by atoms with van der Waals surface area (Å²) < 4.78 is 5.16. The first-order chi connectivity index (χ1) is 11.2. The highest BCUT2D eigenvalue weighted by atomic mass is 16.6. The van der Waals surface area contributed by atoms with Gasteiger partial charge in [-0.25, -0.2) is 0 Å². The largest absolute Gasteiger partial charge is 0.460 e. The van der Waals surface area contributed by atoms with E-state index in [1.807, 2.05) is 6.08 Å². The molecule has 0 spiro atoms. The molecule has 0 aliphatic carbocycles. The second-order valence-corrected chi connectivity index (χ2v) is 6.10. The zero-order chi connectivity index (χ0) is 16.8. The van der Waals surface area contributed by atoms with Crippen LogP contribution in [-0.4, -0.2) is 23.3 Å². The fourth-order valence-corrected chi connectivity index (χ4v) is 2.56. The molecule has 1 heterocycles. The quantitative estimate of drug-likeness (QED) is 0.336. The van der Waals surface area contributed by atoms with Crippen LogP contribution in [0.3, 0.4) is 0 Å². The second kappa shape index (κ2) is 13.1. The average Bonchev–Trinajstić information content (AvgIpc) is 2.55. The van der Waals surface area contributed by atoms with Gasteiger partial charge in [-0.2, -0.15) is 0 Å². The molecule has 1 aliphatic rings. The van der Waals surface area contributed by atoms with E-state index in [-0.39, 0.29) is 12.1 Å². The molecule has 1 saturated heterocycles. The molecule has 1 fully saturated rings. The highest BCUT2D eigenvalue weighted by Gasteiger charge is 2.26. The maximum absolute atomic E-state index is 11.2. The first-order valence-corrected chi connectivity index (χ1v) is 9.06. The molecular formula is C20H32O3. The molecule has 0 unspecified atom stereocenters. The Morgan fingerprint density at radius 3 is 2.52 bits per heavy atom. The lowest BCUT2D eigenvalue weighted by atomic mass is 10.0. The number of aliphatic hydroxyl groups is 1. The van der Waals surface area contributed by atoms with Crippen LogP contribution in [0.4, 0.5) is 0 Å². The summed E-state index contributed by atoms with van der Waals surface area (Å²) in [5.74, 6) is -0.185. The van der Waals surface area contributed by atoms with Crippen molar-refractivity contribution in [3.8, 4) is 0 Å². The van der Waals surface area contributed by atoms with Crippen molar-refractivity contribution < 1.29 is 14.6 Å². The molecule has 3 heteroatoms. The van der Waals surface area contributed by atoms with Crippen LogP contribution in [0.2, 0.25) is 0 Å². The smallest absolute Gasteiger partial charge is 0.306 e. The number of allylic oxidation sites excluding steroid dienone is 5.